The Labute approximate surface area is 72.8 Å². The maximum Gasteiger partial charge on any atom is 0.149 e. The number of hydrogen-bond donors (Lipinski definition) is 1. The van der Waals surface area contributed by atoms with Gasteiger partial charge in [0.05, 0.1) is 6.04 Å². The molecule has 0 aliphatic rings. The molecule has 0 aliphatic heterocycles. The van der Waals surface area contributed by atoms with Crippen molar-refractivity contribution < 1.29 is 0 Å². The summed E-state index contributed by atoms with van der Waals surface area (Å²) < 4.78 is 1.87. The predicted molar refractivity (Wildman–Crippen MR) is 47.4 cm³/mol. The van der Waals surface area contributed by atoms with Crippen LogP contribution in [0.3, 0.4) is 0 Å². The number of nitrogens with two attached hydrogens (primary N) is 1. The van der Waals surface area contributed by atoms with Gasteiger partial charge in [-0.25, -0.2) is 0 Å². The maximum atomic E-state index is 5.92. The van der Waals surface area contributed by atoms with Gasteiger partial charge in [-0.05, 0) is 12.3 Å². The van der Waals surface area contributed by atoms with Crippen molar-refractivity contribution in [2.75, 3.05) is 0 Å². The van der Waals surface area contributed by atoms with Gasteiger partial charge >= 0.3 is 0 Å². The van der Waals surface area contributed by atoms with E-state index in [4.69, 9.17) is 5.73 Å². The molecule has 0 amide bonds. The highest BCUT2D eigenvalue weighted by Gasteiger charge is 2.12. The zero-order valence-corrected chi connectivity index (χ0v) is 7.86. The molecular formula is C8H16N4. The zero-order valence-electron chi connectivity index (χ0n) is 7.86. The second-order valence-electron chi connectivity index (χ2n) is 3.54. The first-order chi connectivity index (χ1) is 5.61. The van der Waals surface area contributed by atoms with E-state index in [9.17, 15) is 0 Å². The molecule has 0 saturated heterocycles. The highest BCUT2D eigenvalue weighted by molar-refractivity contribution is 4.92. The van der Waals surface area contributed by atoms with Gasteiger partial charge < -0.3 is 10.3 Å². The lowest BCUT2D eigenvalue weighted by Crippen LogP contribution is -2.17. The molecule has 1 atom stereocenters. The third kappa shape index (κ3) is 2.04. The monoisotopic (exact) mass is 168 g/mol. The molecule has 4 nitrogen and oxygen atoms in total. The van der Waals surface area contributed by atoms with Crippen LogP contribution < -0.4 is 5.73 Å². The minimum absolute atomic E-state index is 0.0116. The summed E-state index contributed by atoms with van der Waals surface area (Å²) in [5.74, 6) is 1.46. The van der Waals surface area contributed by atoms with E-state index < -0.39 is 0 Å². The Morgan fingerprint density at radius 1 is 1.58 bits per heavy atom. The molecule has 2 N–H and O–H groups in total. The van der Waals surface area contributed by atoms with Crippen molar-refractivity contribution in [2.45, 2.75) is 26.3 Å². The van der Waals surface area contributed by atoms with E-state index in [1.807, 2.05) is 11.6 Å². The van der Waals surface area contributed by atoms with Gasteiger partial charge in [-0.3, -0.25) is 0 Å². The average Bonchev–Trinajstić information content (AvgIpc) is 2.33. The van der Waals surface area contributed by atoms with Crippen LogP contribution in [-0.2, 0) is 7.05 Å². The quantitative estimate of drug-likeness (QED) is 0.728. The minimum Gasteiger partial charge on any atom is -0.321 e. The van der Waals surface area contributed by atoms with E-state index in [0.717, 1.165) is 12.2 Å². The topological polar surface area (TPSA) is 56.7 Å². The Morgan fingerprint density at radius 2 is 2.25 bits per heavy atom. The lowest BCUT2D eigenvalue weighted by Gasteiger charge is -2.12. The van der Waals surface area contributed by atoms with Crippen molar-refractivity contribution in [3.8, 4) is 0 Å². The first-order valence-electron chi connectivity index (χ1n) is 4.20. The van der Waals surface area contributed by atoms with Crippen molar-refractivity contribution in [2.24, 2.45) is 18.7 Å². The summed E-state index contributed by atoms with van der Waals surface area (Å²) in [6, 6.07) is 0.0116. The van der Waals surface area contributed by atoms with Crippen molar-refractivity contribution in [1.29, 1.82) is 0 Å². The maximum absolute atomic E-state index is 5.92. The van der Waals surface area contributed by atoms with E-state index >= 15 is 0 Å². The zero-order chi connectivity index (χ0) is 9.14. The fraction of sp³-hybridized carbons (Fsp3) is 0.750. The van der Waals surface area contributed by atoms with Crippen molar-refractivity contribution in [3.63, 3.8) is 0 Å². The molecule has 0 fully saturated rings. The van der Waals surface area contributed by atoms with Crippen LogP contribution in [-0.4, -0.2) is 14.8 Å². The summed E-state index contributed by atoms with van der Waals surface area (Å²) in [7, 11) is 1.91. The van der Waals surface area contributed by atoms with Gasteiger partial charge in [0.2, 0.25) is 0 Å². The van der Waals surface area contributed by atoms with E-state index in [1.54, 1.807) is 6.33 Å². The SMILES string of the molecule is CC(C)C[C@H](N)c1nncn1C. The van der Waals surface area contributed by atoms with Crippen LogP contribution in [0.4, 0.5) is 0 Å². The molecule has 1 rings (SSSR count). The van der Waals surface area contributed by atoms with Crippen molar-refractivity contribution in [3.05, 3.63) is 12.2 Å². The molecule has 0 aromatic carbocycles. The van der Waals surface area contributed by atoms with Gasteiger partial charge in [0.25, 0.3) is 0 Å². The predicted octanol–water partition coefficient (Wildman–Crippen LogP) is 0.861. The number of nitrogens with zero attached hydrogens (tertiary/aromatic N) is 3. The van der Waals surface area contributed by atoms with Crippen molar-refractivity contribution in [1.82, 2.24) is 14.8 Å². The van der Waals surface area contributed by atoms with E-state index in [0.29, 0.717) is 5.92 Å². The minimum atomic E-state index is 0.0116. The van der Waals surface area contributed by atoms with Gasteiger partial charge in [0, 0.05) is 7.05 Å². The summed E-state index contributed by atoms with van der Waals surface area (Å²) in [5, 5.41) is 7.74. The Hall–Kier alpha value is -0.900. The summed E-state index contributed by atoms with van der Waals surface area (Å²) in [6.45, 7) is 4.30. The molecular weight excluding hydrogens is 152 g/mol. The van der Waals surface area contributed by atoms with E-state index in [-0.39, 0.29) is 6.04 Å². The van der Waals surface area contributed by atoms with Crippen LogP contribution in [0.25, 0.3) is 0 Å². The third-order valence-corrected chi connectivity index (χ3v) is 1.80. The summed E-state index contributed by atoms with van der Waals surface area (Å²) in [5.41, 5.74) is 5.92. The summed E-state index contributed by atoms with van der Waals surface area (Å²) >= 11 is 0. The van der Waals surface area contributed by atoms with Gasteiger partial charge in [-0.1, -0.05) is 13.8 Å². The Morgan fingerprint density at radius 3 is 2.67 bits per heavy atom. The van der Waals surface area contributed by atoms with Gasteiger partial charge in [-0.2, -0.15) is 0 Å². The van der Waals surface area contributed by atoms with Gasteiger partial charge in [-0.15, -0.1) is 10.2 Å². The molecule has 1 aromatic heterocycles. The van der Waals surface area contributed by atoms with E-state index in [2.05, 4.69) is 24.0 Å². The van der Waals surface area contributed by atoms with Gasteiger partial charge in [0.15, 0.2) is 0 Å². The molecule has 12 heavy (non-hydrogen) atoms. The number of rotatable bonds is 3. The normalized spacial score (nSPS) is 13.8. The fourth-order valence-electron chi connectivity index (χ4n) is 1.24. The largest absolute Gasteiger partial charge is 0.321 e. The highest BCUT2D eigenvalue weighted by Crippen LogP contribution is 2.15. The highest BCUT2D eigenvalue weighted by atomic mass is 15.3. The standard InChI is InChI=1S/C8H16N4/c1-6(2)4-7(9)8-11-10-5-12(8)3/h5-7H,4,9H2,1-3H3/t7-/m0/s1. The molecule has 68 valence electrons. The first kappa shape index (κ1) is 9.19. The van der Waals surface area contributed by atoms with Crippen LogP contribution in [0, 0.1) is 5.92 Å². The molecule has 0 bridgehead atoms. The fourth-order valence-corrected chi connectivity index (χ4v) is 1.24. The lowest BCUT2D eigenvalue weighted by molar-refractivity contribution is 0.483. The van der Waals surface area contributed by atoms with Crippen LogP contribution in [0.15, 0.2) is 6.33 Å². The molecule has 0 saturated carbocycles. The van der Waals surface area contributed by atoms with Gasteiger partial charge in [0.1, 0.15) is 12.2 Å². The number of hydrogen-bond acceptors (Lipinski definition) is 3. The second kappa shape index (κ2) is 3.67. The molecule has 1 aromatic rings. The second-order valence-corrected chi connectivity index (χ2v) is 3.54. The Balaban J connectivity index is 2.65. The summed E-state index contributed by atoms with van der Waals surface area (Å²) in [6.07, 6.45) is 2.63. The van der Waals surface area contributed by atoms with E-state index in [1.165, 1.54) is 0 Å². The number of aromatic nitrogens is 3. The van der Waals surface area contributed by atoms with Crippen LogP contribution in [0.5, 0.6) is 0 Å². The van der Waals surface area contributed by atoms with Crippen LogP contribution in [0.1, 0.15) is 32.1 Å². The Kier molecular flexibility index (Phi) is 2.81. The first-order valence-corrected chi connectivity index (χ1v) is 4.20. The smallest absolute Gasteiger partial charge is 0.149 e. The summed E-state index contributed by atoms with van der Waals surface area (Å²) in [4.78, 5) is 0. The molecule has 0 unspecified atom stereocenters. The Bertz CT molecular complexity index is 241. The molecule has 0 radical (unpaired) electrons. The average molecular weight is 168 g/mol. The van der Waals surface area contributed by atoms with Crippen LogP contribution in [0.2, 0.25) is 0 Å². The third-order valence-electron chi connectivity index (χ3n) is 1.80. The molecule has 0 spiro atoms. The lowest BCUT2D eigenvalue weighted by atomic mass is 10.0. The number of aryl methyl sites for hydroxylation is 1. The molecule has 1 heterocycles. The molecule has 0 aliphatic carbocycles. The van der Waals surface area contributed by atoms with Crippen molar-refractivity contribution >= 4 is 0 Å². The molecule has 4 heteroatoms. The van der Waals surface area contributed by atoms with Crippen LogP contribution >= 0.6 is 0 Å².